The van der Waals surface area contributed by atoms with E-state index in [-0.39, 0.29) is 22.8 Å². The first kappa shape index (κ1) is 13.2. The van der Waals surface area contributed by atoms with Crippen LogP contribution >= 0.6 is 27.5 Å². The van der Waals surface area contributed by atoms with Gasteiger partial charge in [0.2, 0.25) is 0 Å². The molecule has 0 bridgehead atoms. The molecule has 2 rings (SSSR count). The van der Waals surface area contributed by atoms with Crippen LogP contribution in [0.25, 0.3) is 0 Å². The Morgan fingerprint density at radius 2 is 1.89 bits per heavy atom. The minimum Gasteiger partial charge on any atom is -0.294 e. The van der Waals surface area contributed by atoms with Gasteiger partial charge in [0.15, 0.2) is 5.78 Å². The lowest BCUT2D eigenvalue weighted by Gasteiger charge is -2.06. The lowest BCUT2D eigenvalue weighted by molar-refractivity contribution is 0.0989. The standard InChI is InChI=1S/C14H9BrClFO/c15-10-5-2-1-4-9(10)8-13(18)14-11(16)6-3-7-12(14)17/h1-7H,8H2. The molecular weight excluding hydrogens is 319 g/mol. The summed E-state index contributed by atoms with van der Waals surface area (Å²) in [4.78, 5) is 12.1. The maximum atomic E-state index is 13.6. The SMILES string of the molecule is O=C(Cc1ccccc1Br)c1c(F)cccc1Cl. The first-order valence-electron chi connectivity index (χ1n) is 5.30. The largest absolute Gasteiger partial charge is 0.294 e. The summed E-state index contributed by atoms with van der Waals surface area (Å²) in [7, 11) is 0. The van der Waals surface area contributed by atoms with Crippen molar-refractivity contribution in [2.75, 3.05) is 0 Å². The zero-order chi connectivity index (χ0) is 13.1. The molecule has 4 heteroatoms. The molecule has 0 saturated carbocycles. The number of ketones is 1. The Balaban J connectivity index is 2.31. The van der Waals surface area contributed by atoms with Gasteiger partial charge in [-0.15, -0.1) is 0 Å². The molecule has 0 aliphatic carbocycles. The van der Waals surface area contributed by atoms with Gasteiger partial charge in [0.05, 0.1) is 10.6 Å². The van der Waals surface area contributed by atoms with Crippen molar-refractivity contribution >= 4 is 33.3 Å². The van der Waals surface area contributed by atoms with Gasteiger partial charge in [0, 0.05) is 10.9 Å². The molecule has 0 aromatic heterocycles. The van der Waals surface area contributed by atoms with Crippen molar-refractivity contribution in [2.24, 2.45) is 0 Å². The number of hydrogen-bond acceptors (Lipinski definition) is 1. The number of halogens is 3. The highest BCUT2D eigenvalue weighted by atomic mass is 79.9. The summed E-state index contributed by atoms with van der Waals surface area (Å²) >= 11 is 9.21. The van der Waals surface area contributed by atoms with E-state index in [0.29, 0.717) is 0 Å². The summed E-state index contributed by atoms with van der Waals surface area (Å²) in [5.74, 6) is -0.912. The van der Waals surface area contributed by atoms with Crippen molar-refractivity contribution in [1.82, 2.24) is 0 Å². The molecule has 1 nitrogen and oxygen atoms in total. The Labute approximate surface area is 118 Å². The first-order chi connectivity index (χ1) is 8.59. The summed E-state index contributed by atoms with van der Waals surface area (Å²) in [5.41, 5.74) is 0.761. The number of benzene rings is 2. The van der Waals surface area contributed by atoms with Crippen molar-refractivity contribution in [3.63, 3.8) is 0 Å². The number of carbonyl (C=O) groups excluding carboxylic acids is 1. The third-order valence-electron chi connectivity index (χ3n) is 2.55. The van der Waals surface area contributed by atoms with E-state index < -0.39 is 5.82 Å². The monoisotopic (exact) mass is 326 g/mol. The summed E-state index contributed by atoms with van der Waals surface area (Å²) < 4.78 is 14.4. The van der Waals surface area contributed by atoms with Gasteiger partial charge < -0.3 is 0 Å². The van der Waals surface area contributed by atoms with Gasteiger partial charge in [-0.3, -0.25) is 4.79 Å². The lowest BCUT2D eigenvalue weighted by Crippen LogP contribution is -2.07. The van der Waals surface area contributed by atoms with Gasteiger partial charge in [0.25, 0.3) is 0 Å². The molecule has 0 atom stereocenters. The summed E-state index contributed by atoms with van der Waals surface area (Å²) in [6, 6.07) is 11.6. The van der Waals surface area contributed by atoms with Gasteiger partial charge in [-0.2, -0.15) is 0 Å². The molecule has 18 heavy (non-hydrogen) atoms. The molecule has 0 fully saturated rings. The second kappa shape index (κ2) is 5.63. The molecule has 2 aromatic rings. The first-order valence-corrected chi connectivity index (χ1v) is 6.47. The number of carbonyl (C=O) groups is 1. The highest BCUT2D eigenvalue weighted by Gasteiger charge is 2.16. The highest BCUT2D eigenvalue weighted by molar-refractivity contribution is 9.10. The Kier molecular flexibility index (Phi) is 4.15. The molecule has 0 spiro atoms. The van der Waals surface area contributed by atoms with E-state index in [0.717, 1.165) is 10.0 Å². The minimum absolute atomic E-state index is 0.0464. The van der Waals surface area contributed by atoms with Crippen molar-refractivity contribution < 1.29 is 9.18 Å². The molecular formula is C14H9BrClFO. The van der Waals surface area contributed by atoms with Crippen LogP contribution in [0.15, 0.2) is 46.9 Å². The highest BCUT2D eigenvalue weighted by Crippen LogP contribution is 2.23. The molecule has 2 aromatic carbocycles. The Hall–Kier alpha value is -1.19. The Bertz CT molecular complexity index is 578. The van der Waals surface area contributed by atoms with Crippen LogP contribution in [0.4, 0.5) is 4.39 Å². The topological polar surface area (TPSA) is 17.1 Å². The minimum atomic E-state index is -0.584. The molecule has 0 saturated heterocycles. The van der Waals surface area contributed by atoms with E-state index in [4.69, 9.17) is 11.6 Å². The van der Waals surface area contributed by atoms with Gasteiger partial charge in [-0.1, -0.05) is 51.8 Å². The lowest BCUT2D eigenvalue weighted by atomic mass is 10.0. The molecule has 92 valence electrons. The molecule has 0 unspecified atom stereocenters. The predicted octanol–water partition coefficient (Wildman–Crippen LogP) is 4.67. The van der Waals surface area contributed by atoms with Crippen LogP contribution in [0, 0.1) is 5.82 Å². The third-order valence-corrected chi connectivity index (χ3v) is 3.64. The van der Waals surface area contributed by atoms with Crippen molar-refractivity contribution in [3.05, 3.63) is 68.9 Å². The van der Waals surface area contributed by atoms with E-state index >= 15 is 0 Å². The van der Waals surface area contributed by atoms with Gasteiger partial charge in [-0.25, -0.2) is 4.39 Å². The van der Waals surface area contributed by atoms with Crippen molar-refractivity contribution in [3.8, 4) is 0 Å². The van der Waals surface area contributed by atoms with E-state index in [1.807, 2.05) is 24.3 Å². The molecule has 0 amide bonds. The Morgan fingerprint density at radius 3 is 2.56 bits per heavy atom. The average Bonchev–Trinajstić information content (AvgIpc) is 2.32. The maximum Gasteiger partial charge on any atom is 0.171 e. The predicted molar refractivity (Wildman–Crippen MR) is 73.6 cm³/mol. The number of rotatable bonds is 3. The second-order valence-corrected chi connectivity index (χ2v) is 5.05. The molecule has 0 aliphatic heterocycles. The fraction of sp³-hybridized carbons (Fsp3) is 0.0714. The van der Waals surface area contributed by atoms with E-state index in [2.05, 4.69) is 15.9 Å². The second-order valence-electron chi connectivity index (χ2n) is 3.79. The zero-order valence-corrected chi connectivity index (χ0v) is 11.6. The van der Waals surface area contributed by atoms with E-state index in [1.54, 1.807) is 0 Å². The fourth-order valence-electron chi connectivity index (χ4n) is 1.67. The maximum absolute atomic E-state index is 13.6. The molecule has 0 N–H and O–H groups in total. The van der Waals surface area contributed by atoms with Crippen LogP contribution in [0.1, 0.15) is 15.9 Å². The number of Topliss-reactive ketones (excluding diaryl/α,β-unsaturated/α-hetero) is 1. The van der Waals surface area contributed by atoms with Gasteiger partial charge in [-0.05, 0) is 23.8 Å². The summed E-state index contributed by atoms with van der Waals surface area (Å²) in [6.45, 7) is 0. The summed E-state index contributed by atoms with van der Waals surface area (Å²) in [6.07, 6.45) is 0.113. The van der Waals surface area contributed by atoms with E-state index in [9.17, 15) is 9.18 Å². The van der Waals surface area contributed by atoms with Crippen LogP contribution in [-0.4, -0.2) is 5.78 Å². The van der Waals surface area contributed by atoms with E-state index in [1.165, 1.54) is 18.2 Å². The molecule has 0 aliphatic rings. The zero-order valence-electron chi connectivity index (χ0n) is 9.29. The fourth-order valence-corrected chi connectivity index (χ4v) is 2.36. The molecule has 0 heterocycles. The molecule has 0 radical (unpaired) electrons. The van der Waals surface area contributed by atoms with Crippen molar-refractivity contribution in [2.45, 2.75) is 6.42 Å². The smallest absolute Gasteiger partial charge is 0.171 e. The van der Waals surface area contributed by atoms with Crippen LogP contribution in [0.3, 0.4) is 0 Å². The summed E-state index contributed by atoms with van der Waals surface area (Å²) in [5, 5.41) is 0.145. The quantitative estimate of drug-likeness (QED) is 0.749. The van der Waals surface area contributed by atoms with Crippen LogP contribution in [-0.2, 0) is 6.42 Å². The normalized spacial score (nSPS) is 10.4. The van der Waals surface area contributed by atoms with Crippen LogP contribution in [0.2, 0.25) is 5.02 Å². The number of hydrogen-bond donors (Lipinski definition) is 0. The van der Waals surface area contributed by atoms with Gasteiger partial charge >= 0.3 is 0 Å². The van der Waals surface area contributed by atoms with Gasteiger partial charge in [0.1, 0.15) is 5.82 Å². The van der Waals surface area contributed by atoms with Crippen molar-refractivity contribution in [1.29, 1.82) is 0 Å². The Morgan fingerprint density at radius 1 is 1.17 bits per heavy atom. The van der Waals surface area contributed by atoms with Crippen LogP contribution in [0.5, 0.6) is 0 Å². The van der Waals surface area contributed by atoms with Crippen LogP contribution < -0.4 is 0 Å². The average molecular weight is 328 g/mol. The third kappa shape index (κ3) is 2.79.